The SMILES string of the molecule is CCCc1c(O)nc(SCCOc2ccc(Cl)cc2)[nH]c1=O. The number of ether oxygens (including phenoxy) is 1. The Kier molecular flexibility index (Phi) is 6.15. The van der Waals surface area contributed by atoms with Gasteiger partial charge in [-0.15, -0.1) is 0 Å². The number of hydrogen-bond acceptors (Lipinski definition) is 5. The molecule has 1 heterocycles. The zero-order valence-electron chi connectivity index (χ0n) is 12.1. The maximum atomic E-state index is 11.8. The number of H-pyrrole nitrogens is 1. The van der Waals surface area contributed by atoms with E-state index in [1.807, 2.05) is 6.92 Å². The number of halogens is 1. The van der Waals surface area contributed by atoms with Crippen LogP contribution in [0, 0.1) is 0 Å². The fraction of sp³-hybridized carbons (Fsp3) is 0.333. The van der Waals surface area contributed by atoms with Crippen molar-refractivity contribution >= 4 is 23.4 Å². The summed E-state index contributed by atoms with van der Waals surface area (Å²) in [6, 6.07) is 7.10. The van der Waals surface area contributed by atoms with Crippen molar-refractivity contribution in [2.24, 2.45) is 0 Å². The zero-order valence-corrected chi connectivity index (χ0v) is 13.7. The summed E-state index contributed by atoms with van der Waals surface area (Å²) in [6.07, 6.45) is 1.29. The first-order valence-electron chi connectivity index (χ1n) is 6.93. The molecule has 5 nitrogen and oxygen atoms in total. The van der Waals surface area contributed by atoms with E-state index >= 15 is 0 Å². The van der Waals surface area contributed by atoms with Gasteiger partial charge in [0.05, 0.1) is 12.2 Å². The highest BCUT2D eigenvalue weighted by Crippen LogP contribution is 2.19. The molecule has 1 aromatic carbocycles. The highest BCUT2D eigenvalue weighted by Gasteiger charge is 2.10. The molecule has 0 bridgehead atoms. The molecule has 0 amide bonds. The number of rotatable bonds is 7. The Hall–Kier alpha value is -1.66. The third-order valence-electron chi connectivity index (χ3n) is 2.88. The lowest BCUT2D eigenvalue weighted by Crippen LogP contribution is -2.15. The molecule has 0 saturated carbocycles. The molecular weight excluding hydrogens is 324 g/mol. The smallest absolute Gasteiger partial charge is 0.258 e. The van der Waals surface area contributed by atoms with E-state index in [4.69, 9.17) is 16.3 Å². The number of nitrogens with zero attached hydrogens (tertiary/aromatic N) is 1. The van der Waals surface area contributed by atoms with E-state index in [2.05, 4.69) is 9.97 Å². The summed E-state index contributed by atoms with van der Waals surface area (Å²) in [5.74, 6) is 1.14. The number of nitrogens with one attached hydrogen (secondary N) is 1. The molecule has 2 aromatic rings. The van der Waals surface area contributed by atoms with Gasteiger partial charge in [-0.3, -0.25) is 4.79 Å². The molecule has 0 spiro atoms. The molecule has 7 heteroatoms. The minimum atomic E-state index is -0.282. The van der Waals surface area contributed by atoms with Crippen molar-refractivity contribution in [2.45, 2.75) is 24.9 Å². The van der Waals surface area contributed by atoms with Crippen LogP contribution in [-0.4, -0.2) is 27.4 Å². The first kappa shape index (κ1) is 16.7. The first-order chi connectivity index (χ1) is 10.6. The van der Waals surface area contributed by atoms with Gasteiger partial charge in [0.2, 0.25) is 5.88 Å². The van der Waals surface area contributed by atoms with Crippen LogP contribution in [0.4, 0.5) is 0 Å². The Morgan fingerprint density at radius 1 is 1.36 bits per heavy atom. The Balaban J connectivity index is 1.87. The van der Waals surface area contributed by atoms with Crippen LogP contribution < -0.4 is 10.3 Å². The maximum absolute atomic E-state index is 11.8. The standard InChI is InChI=1S/C15H17ClN2O3S/c1-2-3-12-13(19)17-15(18-14(12)20)22-9-8-21-11-6-4-10(16)5-7-11/h4-7H,2-3,8-9H2,1H3,(H2,17,18,19,20). The molecule has 0 aliphatic carbocycles. The van der Waals surface area contributed by atoms with Gasteiger partial charge in [0, 0.05) is 10.8 Å². The lowest BCUT2D eigenvalue weighted by molar-refractivity contribution is 0.344. The van der Waals surface area contributed by atoms with Gasteiger partial charge in [-0.1, -0.05) is 36.7 Å². The third-order valence-corrected chi connectivity index (χ3v) is 3.97. The molecule has 0 aliphatic heterocycles. The molecule has 0 aliphatic rings. The van der Waals surface area contributed by atoms with Crippen LogP contribution in [0.3, 0.4) is 0 Å². The molecule has 0 unspecified atom stereocenters. The predicted molar refractivity (Wildman–Crippen MR) is 88.2 cm³/mol. The van der Waals surface area contributed by atoms with E-state index in [1.54, 1.807) is 24.3 Å². The van der Waals surface area contributed by atoms with Gasteiger partial charge in [0.25, 0.3) is 5.56 Å². The van der Waals surface area contributed by atoms with Gasteiger partial charge in [-0.05, 0) is 30.7 Å². The van der Waals surface area contributed by atoms with Gasteiger partial charge in [-0.2, -0.15) is 4.98 Å². The quantitative estimate of drug-likeness (QED) is 0.459. The van der Waals surface area contributed by atoms with Gasteiger partial charge in [-0.25, -0.2) is 0 Å². The fourth-order valence-corrected chi connectivity index (χ4v) is 2.64. The van der Waals surface area contributed by atoms with Gasteiger partial charge < -0.3 is 14.8 Å². The summed E-state index contributed by atoms with van der Waals surface area (Å²) in [7, 11) is 0. The molecule has 2 rings (SSSR count). The minimum Gasteiger partial charge on any atom is -0.493 e. The van der Waals surface area contributed by atoms with E-state index < -0.39 is 0 Å². The highest BCUT2D eigenvalue weighted by atomic mass is 35.5. The molecule has 118 valence electrons. The number of aromatic hydroxyl groups is 1. The van der Waals surface area contributed by atoms with Crippen LogP contribution >= 0.6 is 23.4 Å². The van der Waals surface area contributed by atoms with E-state index in [-0.39, 0.29) is 11.4 Å². The van der Waals surface area contributed by atoms with Crippen LogP contribution in [-0.2, 0) is 6.42 Å². The van der Waals surface area contributed by atoms with E-state index in [0.29, 0.717) is 34.5 Å². The Morgan fingerprint density at radius 2 is 2.09 bits per heavy atom. The lowest BCUT2D eigenvalue weighted by atomic mass is 10.2. The second-order valence-electron chi connectivity index (χ2n) is 4.57. The fourth-order valence-electron chi connectivity index (χ4n) is 1.84. The number of hydrogen-bond donors (Lipinski definition) is 2. The lowest BCUT2D eigenvalue weighted by Gasteiger charge is -2.07. The Morgan fingerprint density at radius 3 is 2.73 bits per heavy atom. The van der Waals surface area contributed by atoms with Crippen LogP contribution in [0.2, 0.25) is 5.02 Å². The highest BCUT2D eigenvalue weighted by molar-refractivity contribution is 7.99. The average Bonchev–Trinajstić information content (AvgIpc) is 2.49. The average molecular weight is 341 g/mol. The van der Waals surface area contributed by atoms with Crippen LogP contribution in [0.1, 0.15) is 18.9 Å². The second-order valence-corrected chi connectivity index (χ2v) is 6.09. The molecule has 0 radical (unpaired) electrons. The van der Waals surface area contributed by atoms with E-state index in [9.17, 15) is 9.90 Å². The van der Waals surface area contributed by atoms with Crippen molar-refractivity contribution in [1.29, 1.82) is 0 Å². The largest absolute Gasteiger partial charge is 0.493 e. The van der Waals surface area contributed by atoms with Crippen molar-refractivity contribution in [1.82, 2.24) is 9.97 Å². The van der Waals surface area contributed by atoms with Gasteiger partial charge in [0.1, 0.15) is 5.75 Å². The van der Waals surface area contributed by atoms with Crippen molar-refractivity contribution < 1.29 is 9.84 Å². The third kappa shape index (κ3) is 4.68. The maximum Gasteiger partial charge on any atom is 0.258 e. The van der Waals surface area contributed by atoms with Crippen LogP contribution in [0.25, 0.3) is 0 Å². The summed E-state index contributed by atoms with van der Waals surface area (Å²) in [4.78, 5) is 18.5. The second kappa shape index (κ2) is 8.10. The summed E-state index contributed by atoms with van der Waals surface area (Å²) >= 11 is 7.11. The number of thioether (sulfide) groups is 1. The zero-order chi connectivity index (χ0) is 15.9. The Bertz CT molecular complexity index is 673. The summed E-state index contributed by atoms with van der Waals surface area (Å²) in [5, 5.41) is 10.8. The number of aromatic nitrogens is 2. The summed E-state index contributed by atoms with van der Waals surface area (Å²) < 4.78 is 5.54. The van der Waals surface area contributed by atoms with Crippen LogP contribution in [0.15, 0.2) is 34.2 Å². The summed E-state index contributed by atoms with van der Waals surface area (Å²) in [6.45, 7) is 2.39. The monoisotopic (exact) mass is 340 g/mol. The van der Waals surface area contributed by atoms with E-state index in [0.717, 1.165) is 12.2 Å². The van der Waals surface area contributed by atoms with Crippen molar-refractivity contribution in [3.8, 4) is 11.6 Å². The van der Waals surface area contributed by atoms with Crippen LogP contribution in [0.5, 0.6) is 11.6 Å². The molecular formula is C15H17ClN2O3S. The number of aromatic amines is 1. The van der Waals surface area contributed by atoms with Crippen molar-refractivity contribution in [2.75, 3.05) is 12.4 Å². The molecule has 1 aromatic heterocycles. The molecule has 22 heavy (non-hydrogen) atoms. The topological polar surface area (TPSA) is 75.2 Å². The van der Waals surface area contributed by atoms with E-state index in [1.165, 1.54) is 11.8 Å². The number of benzene rings is 1. The van der Waals surface area contributed by atoms with Crippen molar-refractivity contribution in [3.05, 3.63) is 45.2 Å². The van der Waals surface area contributed by atoms with Gasteiger partial charge in [0.15, 0.2) is 5.16 Å². The summed E-state index contributed by atoms with van der Waals surface area (Å²) in [5.41, 5.74) is 0.0553. The minimum absolute atomic E-state index is 0.188. The van der Waals surface area contributed by atoms with Gasteiger partial charge >= 0.3 is 0 Å². The van der Waals surface area contributed by atoms with Crippen molar-refractivity contribution in [3.63, 3.8) is 0 Å². The normalized spacial score (nSPS) is 10.6. The predicted octanol–water partition coefficient (Wildman–Crippen LogP) is 3.25. The molecule has 2 N–H and O–H groups in total. The first-order valence-corrected chi connectivity index (χ1v) is 8.30. The molecule has 0 atom stereocenters. The molecule has 0 saturated heterocycles. The molecule has 0 fully saturated rings. The Labute approximate surface area is 137 Å².